The van der Waals surface area contributed by atoms with Gasteiger partial charge in [-0.3, -0.25) is 4.79 Å². The fourth-order valence-electron chi connectivity index (χ4n) is 1.88. The average Bonchev–Trinajstić information content (AvgIpc) is 2.92. The molecule has 0 bridgehead atoms. The quantitative estimate of drug-likeness (QED) is 0.814. The van der Waals surface area contributed by atoms with E-state index in [0.717, 1.165) is 11.3 Å². The van der Waals surface area contributed by atoms with Crippen LogP contribution in [0.2, 0.25) is 0 Å². The topological polar surface area (TPSA) is 81.9 Å². The summed E-state index contributed by atoms with van der Waals surface area (Å²) in [6.45, 7) is 5.82. The van der Waals surface area contributed by atoms with E-state index in [-0.39, 0.29) is 17.7 Å². The molecule has 7 nitrogen and oxygen atoms in total. The number of aromatic nitrogens is 4. The summed E-state index contributed by atoms with van der Waals surface area (Å²) in [5.41, 5.74) is 1.82. The summed E-state index contributed by atoms with van der Waals surface area (Å²) in [6, 6.07) is 5.87. The summed E-state index contributed by atoms with van der Waals surface area (Å²) in [4.78, 5) is 11.7. The number of aryl methyl sites for hydroxylation is 1. The van der Waals surface area contributed by atoms with E-state index in [1.54, 1.807) is 11.8 Å². The number of benzene rings is 1. The molecule has 1 N–H and O–H groups in total. The molecular weight excluding hydrogens is 302 g/mol. The van der Waals surface area contributed by atoms with Crippen molar-refractivity contribution < 1.29 is 9.53 Å². The van der Waals surface area contributed by atoms with Crippen LogP contribution in [0.5, 0.6) is 5.75 Å². The highest BCUT2D eigenvalue weighted by Gasteiger charge is 2.15. The van der Waals surface area contributed by atoms with Crippen molar-refractivity contribution in [3.63, 3.8) is 0 Å². The van der Waals surface area contributed by atoms with Crippen molar-refractivity contribution in [2.45, 2.75) is 32.0 Å². The summed E-state index contributed by atoms with van der Waals surface area (Å²) in [5, 5.41) is 15.1. The van der Waals surface area contributed by atoms with Gasteiger partial charge in [-0.05, 0) is 48.9 Å². The molecule has 0 aliphatic heterocycles. The van der Waals surface area contributed by atoms with Gasteiger partial charge in [-0.1, -0.05) is 17.8 Å². The van der Waals surface area contributed by atoms with Crippen molar-refractivity contribution in [2.75, 3.05) is 12.9 Å². The van der Waals surface area contributed by atoms with Crippen molar-refractivity contribution in [1.29, 1.82) is 0 Å². The Balaban J connectivity index is 2.19. The molecule has 0 unspecified atom stereocenters. The van der Waals surface area contributed by atoms with Crippen LogP contribution in [0.3, 0.4) is 0 Å². The number of nitrogens with one attached hydrogen (secondary N) is 1. The third-order valence-electron chi connectivity index (χ3n) is 2.79. The first kappa shape index (κ1) is 16.3. The van der Waals surface area contributed by atoms with Crippen LogP contribution < -0.4 is 10.1 Å². The summed E-state index contributed by atoms with van der Waals surface area (Å²) in [5.74, 6) is 0.879. The van der Waals surface area contributed by atoms with Gasteiger partial charge in [-0.25, -0.2) is 0 Å². The molecule has 2 aromatic rings. The first-order valence-electron chi connectivity index (χ1n) is 6.87. The molecule has 0 spiro atoms. The van der Waals surface area contributed by atoms with Crippen LogP contribution >= 0.6 is 11.8 Å². The lowest BCUT2D eigenvalue weighted by atomic mass is 10.2. The van der Waals surface area contributed by atoms with Gasteiger partial charge in [0.1, 0.15) is 11.4 Å². The average molecular weight is 321 g/mol. The van der Waals surface area contributed by atoms with Crippen molar-refractivity contribution in [3.8, 4) is 11.4 Å². The maximum absolute atomic E-state index is 11.7. The number of nitrogens with zero attached hydrogens (tertiary/aromatic N) is 4. The molecule has 0 saturated carbocycles. The summed E-state index contributed by atoms with van der Waals surface area (Å²) >= 11 is 1.28. The van der Waals surface area contributed by atoms with Gasteiger partial charge in [-0.2, -0.15) is 4.68 Å². The third-order valence-corrected chi connectivity index (χ3v) is 3.70. The number of tetrazole rings is 1. The van der Waals surface area contributed by atoms with Crippen LogP contribution in [0.4, 0.5) is 0 Å². The SMILES string of the molecule is COc1ccc(C)cc1-n1nnnc1SCC(=O)NC(C)C. The Hall–Kier alpha value is -2.09. The van der Waals surface area contributed by atoms with Gasteiger partial charge in [0.05, 0.1) is 12.9 Å². The zero-order valence-electron chi connectivity index (χ0n) is 13.0. The van der Waals surface area contributed by atoms with Crippen molar-refractivity contribution in [2.24, 2.45) is 0 Å². The molecule has 2 rings (SSSR count). The van der Waals surface area contributed by atoms with E-state index >= 15 is 0 Å². The number of rotatable bonds is 6. The molecule has 118 valence electrons. The number of amides is 1. The van der Waals surface area contributed by atoms with Crippen molar-refractivity contribution >= 4 is 17.7 Å². The molecule has 0 atom stereocenters. The summed E-state index contributed by atoms with van der Waals surface area (Å²) < 4.78 is 6.93. The Morgan fingerprint density at radius 3 is 2.91 bits per heavy atom. The molecule has 0 aliphatic rings. The van der Waals surface area contributed by atoms with Crippen molar-refractivity contribution in [1.82, 2.24) is 25.5 Å². The molecule has 0 fully saturated rings. The maximum Gasteiger partial charge on any atom is 0.230 e. The van der Waals surface area contributed by atoms with Gasteiger partial charge >= 0.3 is 0 Å². The molecule has 22 heavy (non-hydrogen) atoms. The van der Waals surface area contributed by atoms with Gasteiger partial charge in [-0.15, -0.1) is 5.10 Å². The predicted molar refractivity (Wildman–Crippen MR) is 84.4 cm³/mol. The first-order chi connectivity index (χ1) is 10.5. The van der Waals surface area contributed by atoms with Crippen LogP contribution in [0.1, 0.15) is 19.4 Å². The Kier molecular flexibility index (Phi) is 5.37. The van der Waals surface area contributed by atoms with Gasteiger partial charge in [0.15, 0.2) is 0 Å². The van der Waals surface area contributed by atoms with Gasteiger partial charge in [0, 0.05) is 6.04 Å². The molecule has 0 saturated heterocycles. The second-order valence-corrected chi connectivity index (χ2v) is 6.00. The number of thioether (sulfide) groups is 1. The fourth-order valence-corrected chi connectivity index (χ4v) is 2.57. The first-order valence-corrected chi connectivity index (χ1v) is 7.85. The monoisotopic (exact) mass is 321 g/mol. The summed E-state index contributed by atoms with van der Waals surface area (Å²) in [7, 11) is 1.60. The number of carbonyl (C=O) groups is 1. The van der Waals surface area contributed by atoms with Gasteiger partial charge < -0.3 is 10.1 Å². The number of hydrogen-bond acceptors (Lipinski definition) is 6. The smallest absolute Gasteiger partial charge is 0.230 e. The molecule has 1 amide bonds. The largest absolute Gasteiger partial charge is 0.494 e. The lowest BCUT2D eigenvalue weighted by Crippen LogP contribution is -2.31. The Bertz CT molecular complexity index is 656. The fraction of sp³-hybridized carbons (Fsp3) is 0.429. The standard InChI is InChI=1S/C14H19N5O2S/c1-9(2)15-13(20)8-22-14-16-17-18-19(14)11-7-10(3)5-6-12(11)21-4/h5-7,9H,8H2,1-4H3,(H,15,20). The van der Waals surface area contributed by atoms with E-state index in [9.17, 15) is 4.79 Å². The minimum atomic E-state index is -0.0502. The molecular formula is C14H19N5O2S. The molecule has 0 radical (unpaired) electrons. The summed E-state index contributed by atoms with van der Waals surface area (Å²) in [6.07, 6.45) is 0. The van der Waals surface area contributed by atoms with Crippen LogP contribution in [0.25, 0.3) is 5.69 Å². The van der Waals surface area contributed by atoms with E-state index in [4.69, 9.17) is 4.74 Å². The highest BCUT2D eigenvalue weighted by molar-refractivity contribution is 7.99. The van der Waals surface area contributed by atoms with E-state index in [0.29, 0.717) is 10.9 Å². The van der Waals surface area contributed by atoms with E-state index < -0.39 is 0 Å². The molecule has 1 heterocycles. The van der Waals surface area contributed by atoms with E-state index in [1.807, 2.05) is 39.0 Å². The van der Waals surface area contributed by atoms with Crippen LogP contribution in [0.15, 0.2) is 23.4 Å². The molecule has 0 aliphatic carbocycles. The van der Waals surface area contributed by atoms with Gasteiger partial charge in [0.25, 0.3) is 0 Å². The lowest BCUT2D eigenvalue weighted by Gasteiger charge is -2.11. The molecule has 8 heteroatoms. The highest BCUT2D eigenvalue weighted by Crippen LogP contribution is 2.26. The second-order valence-electron chi connectivity index (χ2n) is 5.06. The number of methoxy groups -OCH3 is 1. The Morgan fingerprint density at radius 1 is 1.45 bits per heavy atom. The van der Waals surface area contributed by atoms with Crippen LogP contribution in [0, 0.1) is 6.92 Å². The van der Waals surface area contributed by atoms with Crippen LogP contribution in [-0.2, 0) is 4.79 Å². The third kappa shape index (κ3) is 3.97. The number of ether oxygens (including phenoxy) is 1. The lowest BCUT2D eigenvalue weighted by molar-refractivity contribution is -0.119. The minimum absolute atomic E-state index is 0.0502. The van der Waals surface area contributed by atoms with Crippen LogP contribution in [-0.4, -0.2) is 45.0 Å². The van der Waals surface area contributed by atoms with Gasteiger partial charge in [0.2, 0.25) is 11.1 Å². The zero-order chi connectivity index (χ0) is 16.1. The second kappa shape index (κ2) is 7.26. The van der Waals surface area contributed by atoms with E-state index in [1.165, 1.54) is 11.8 Å². The molecule has 1 aromatic heterocycles. The maximum atomic E-state index is 11.7. The minimum Gasteiger partial charge on any atom is -0.494 e. The Morgan fingerprint density at radius 2 is 2.23 bits per heavy atom. The zero-order valence-corrected chi connectivity index (χ0v) is 13.8. The predicted octanol–water partition coefficient (Wildman–Crippen LogP) is 1.60. The van der Waals surface area contributed by atoms with Crippen molar-refractivity contribution in [3.05, 3.63) is 23.8 Å². The number of hydrogen-bond donors (Lipinski definition) is 1. The van der Waals surface area contributed by atoms with E-state index in [2.05, 4.69) is 20.8 Å². The molecule has 1 aromatic carbocycles. The highest BCUT2D eigenvalue weighted by atomic mass is 32.2. The normalized spacial score (nSPS) is 10.8. The Labute approximate surface area is 133 Å². The number of carbonyl (C=O) groups excluding carboxylic acids is 1.